The molecule has 1 aliphatic heterocycles. The van der Waals surface area contributed by atoms with Crippen molar-refractivity contribution < 1.29 is 9.47 Å². The third kappa shape index (κ3) is 2.98. The topological polar surface area (TPSA) is 42.5 Å². The highest BCUT2D eigenvalue weighted by atomic mass is 32.1. The predicted octanol–water partition coefficient (Wildman–Crippen LogP) is 3.42. The van der Waals surface area contributed by atoms with Gasteiger partial charge in [0.1, 0.15) is 0 Å². The molecular formula is C15H20N2O2S. The van der Waals surface area contributed by atoms with Gasteiger partial charge in [0.2, 0.25) is 6.79 Å². The maximum absolute atomic E-state index is 5.42. The van der Waals surface area contributed by atoms with Crippen LogP contribution in [-0.2, 0) is 0 Å². The first-order chi connectivity index (χ1) is 9.65. The minimum atomic E-state index is 0.124. The average Bonchev–Trinajstić information content (AvgIpc) is 2.86. The Morgan fingerprint density at radius 2 is 1.90 bits per heavy atom. The molecule has 1 saturated carbocycles. The van der Waals surface area contributed by atoms with Crippen LogP contribution in [0.1, 0.15) is 39.0 Å². The quantitative estimate of drug-likeness (QED) is 0.818. The van der Waals surface area contributed by atoms with Crippen LogP contribution in [0.2, 0.25) is 0 Å². The van der Waals surface area contributed by atoms with Gasteiger partial charge in [0.05, 0.1) is 0 Å². The molecular weight excluding hydrogens is 272 g/mol. The molecule has 0 amide bonds. The largest absolute Gasteiger partial charge is 0.454 e. The molecule has 5 heteroatoms. The van der Waals surface area contributed by atoms with Crippen molar-refractivity contribution >= 4 is 23.0 Å². The third-order valence-electron chi connectivity index (χ3n) is 4.00. The summed E-state index contributed by atoms with van der Waals surface area (Å²) in [5.74, 6) is 1.55. The molecule has 2 N–H and O–H groups in total. The Kier molecular flexibility index (Phi) is 3.70. The number of hydrogen-bond donors (Lipinski definition) is 2. The lowest BCUT2D eigenvalue weighted by Crippen LogP contribution is -2.48. The second-order valence-electron chi connectivity index (χ2n) is 5.77. The predicted molar refractivity (Wildman–Crippen MR) is 83.4 cm³/mol. The standard InChI is InChI=1S/C15H20N2O2S/c1-15(7-3-2-4-8-15)17-14(20)16-11-5-6-12-13(9-11)19-10-18-12/h5-6,9H,2-4,7-8,10H2,1H3,(H2,16,17,20). The number of anilines is 1. The van der Waals surface area contributed by atoms with E-state index in [4.69, 9.17) is 21.7 Å². The van der Waals surface area contributed by atoms with Crippen LogP contribution < -0.4 is 20.1 Å². The van der Waals surface area contributed by atoms with Crippen LogP contribution in [0, 0.1) is 0 Å². The summed E-state index contributed by atoms with van der Waals surface area (Å²) in [6, 6.07) is 5.76. The van der Waals surface area contributed by atoms with Crippen LogP contribution in [0.4, 0.5) is 5.69 Å². The average molecular weight is 292 g/mol. The Labute approximate surface area is 124 Å². The highest BCUT2D eigenvalue weighted by Crippen LogP contribution is 2.34. The fourth-order valence-corrected chi connectivity index (χ4v) is 3.23. The van der Waals surface area contributed by atoms with E-state index in [1.54, 1.807) is 0 Å². The van der Waals surface area contributed by atoms with Crippen molar-refractivity contribution in [2.24, 2.45) is 0 Å². The smallest absolute Gasteiger partial charge is 0.231 e. The van der Waals surface area contributed by atoms with Crippen molar-refractivity contribution in [2.75, 3.05) is 12.1 Å². The van der Waals surface area contributed by atoms with Gasteiger partial charge in [-0.3, -0.25) is 0 Å². The molecule has 0 radical (unpaired) electrons. The van der Waals surface area contributed by atoms with Gasteiger partial charge < -0.3 is 20.1 Å². The zero-order valence-corrected chi connectivity index (χ0v) is 12.5. The SMILES string of the molecule is CC1(NC(=S)Nc2ccc3c(c2)OCO3)CCCCC1. The molecule has 1 aromatic rings. The normalized spacial score (nSPS) is 19.4. The molecule has 0 saturated heterocycles. The van der Waals surface area contributed by atoms with Gasteiger partial charge in [-0.2, -0.15) is 0 Å². The van der Waals surface area contributed by atoms with Crippen LogP contribution >= 0.6 is 12.2 Å². The van der Waals surface area contributed by atoms with Gasteiger partial charge in [0.25, 0.3) is 0 Å². The second kappa shape index (κ2) is 5.48. The van der Waals surface area contributed by atoms with E-state index in [2.05, 4.69) is 17.6 Å². The summed E-state index contributed by atoms with van der Waals surface area (Å²) in [4.78, 5) is 0. The molecule has 1 aromatic carbocycles. The van der Waals surface area contributed by atoms with E-state index < -0.39 is 0 Å². The fourth-order valence-electron chi connectivity index (χ4n) is 2.87. The van der Waals surface area contributed by atoms with Gasteiger partial charge in [-0.1, -0.05) is 19.3 Å². The number of hydrogen-bond acceptors (Lipinski definition) is 3. The molecule has 1 heterocycles. The monoisotopic (exact) mass is 292 g/mol. The molecule has 1 fully saturated rings. The molecule has 0 unspecified atom stereocenters. The molecule has 0 atom stereocenters. The Hall–Kier alpha value is -1.49. The number of fused-ring (bicyclic) bond motifs is 1. The molecule has 108 valence electrons. The van der Waals surface area contributed by atoms with E-state index in [0.29, 0.717) is 11.9 Å². The minimum Gasteiger partial charge on any atom is -0.454 e. The first-order valence-corrected chi connectivity index (χ1v) is 7.54. The van der Waals surface area contributed by atoms with Gasteiger partial charge in [-0.15, -0.1) is 0 Å². The summed E-state index contributed by atoms with van der Waals surface area (Å²) in [5, 5.41) is 7.36. The molecule has 1 aliphatic carbocycles. The maximum Gasteiger partial charge on any atom is 0.231 e. The van der Waals surface area contributed by atoms with Gasteiger partial charge >= 0.3 is 0 Å². The molecule has 20 heavy (non-hydrogen) atoms. The Bertz CT molecular complexity index is 513. The van der Waals surface area contributed by atoms with Gasteiger partial charge in [0.15, 0.2) is 16.6 Å². The Morgan fingerprint density at radius 3 is 2.70 bits per heavy atom. The molecule has 0 spiro atoms. The van der Waals surface area contributed by atoms with Crippen molar-refractivity contribution in [1.82, 2.24) is 5.32 Å². The number of ether oxygens (including phenoxy) is 2. The fraction of sp³-hybridized carbons (Fsp3) is 0.533. The number of nitrogens with one attached hydrogen (secondary N) is 2. The van der Waals surface area contributed by atoms with Crippen molar-refractivity contribution in [3.63, 3.8) is 0 Å². The molecule has 0 aromatic heterocycles. The molecule has 4 nitrogen and oxygen atoms in total. The lowest BCUT2D eigenvalue weighted by atomic mass is 9.83. The van der Waals surface area contributed by atoms with E-state index in [-0.39, 0.29) is 5.54 Å². The van der Waals surface area contributed by atoms with Crippen LogP contribution in [0.25, 0.3) is 0 Å². The van der Waals surface area contributed by atoms with Crippen LogP contribution in [0.3, 0.4) is 0 Å². The lowest BCUT2D eigenvalue weighted by Gasteiger charge is -2.35. The lowest BCUT2D eigenvalue weighted by molar-refractivity contribution is 0.174. The van der Waals surface area contributed by atoms with Crippen molar-refractivity contribution in [1.29, 1.82) is 0 Å². The van der Waals surface area contributed by atoms with Gasteiger partial charge in [-0.05, 0) is 44.1 Å². The minimum absolute atomic E-state index is 0.124. The van der Waals surface area contributed by atoms with E-state index in [1.807, 2.05) is 18.2 Å². The van der Waals surface area contributed by atoms with Crippen molar-refractivity contribution in [3.05, 3.63) is 18.2 Å². The van der Waals surface area contributed by atoms with Gasteiger partial charge in [-0.25, -0.2) is 0 Å². The Morgan fingerprint density at radius 1 is 1.15 bits per heavy atom. The van der Waals surface area contributed by atoms with Crippen LogP contribution in [0.15, 0.2) is 18.2 Å². The zero-order chi connectivity index (χ0) is 14.0. The Balaban J connectivity index is 1.61. The second-order valence-corrected chi connectivity index (χ2v) is 6.18. The summed E-state index contributed by atoms with van der Waals surface area (Å²) in [6.45, 7) is 2.54. The molecule has 3 rings (SSSR count). The third-order valence-corrected chi connectivity index (χ3v) is 4.21. The summed E-state index contributed by atoms with van der Waals surface area (Å²) in [7, 11) is 0. The highest BCUT2D eigenvalue weighted by molar-refractivity contribution is 7.80. The first kappa shape index (κ1) is 13.5. The van der Waals surface area contributed by atoms with Crippen LogP contribution in [0.5, 0.6) is 11.5 Å². The summed E-state index contributed by atoms with van der Waals surface area (Å²) in [5.41, 5.74) is 1.05. The van der Waals surface area contributed by atoms with E-state index in [0.717, 1.165) is 17.2 Å². The van der Waals surface area contributed by atoms with E-state index in [1.165, 1.54) is 32.1 Å². The summed E-state index contributed by atoms with van der Waals surface area (Å²) >= 11 is 5.42. The van der Waals surface area contributed by atoms with Crippen molar-refractivity contribution in [3.8, 4) is 11.5 Å². The summed E-state index contributed by atoms with van der Waals surface area (Å²) < 4.78 is 10.7. The number of thiocarbonyl (C=S) groups is 1. The zero-order valence-electron chi connectivity index (χ0n) is 11.7. The number of benzene rings is 1. The van der Waals surface area contributed by atoms with Crippen LogP contribution in [-0.4, -0.2) is 17.4 Å². The van der Waals surface area contributed by atoms with Gasteiger partial charge in [0, 0.05) is 17.3 Å². The highest BCUT2D eigenvalue weighted by Gasteiger charge is 2.27. The molecule has 2 aliphatic rings. The first-order valence-electron chi connectivity index (χ1n) is 7.13. The van der Waals surface area contributed by atoms with Crippen molar-refractivity contribution in [2.45, 2.75) is 44.6 Å². The summed E-state index contributed by atoms with van der Waals surface area (Å²) in [6.07, 6.45) is 6.23. The maximum atomic E-state index is 5.42. The van der Waals surface area contributed by atoms with E-state index >= 15 is 0 Å². The molecule has 0 bridgehead atoms. The number of rotatable bonds is 2. The van der Waals surface area contributed by atoms with E-state index in [9.17, 15) is 0 Å².